The van der Waals surface area contributed by atoms with Crippen LogP contribution in [0.4, 0.5) is 13.2 Å². The molecule has 0 aliphatic carbocycles. The fourth-order valence-electron chi connectivity index (χ4n) is 1.42. The highest BCUT2D eigenvalue weighted by Crippen LogP contribution is 2.37. The Morgan fingerprint density at radius 2 is 1.56 bits per heavy atom. The van der Waals surface area contributed by atoms with Crippen molar-refractivity contribution in [2.24, 2.45) is 0 Å². The Labute approximate surface area is 107 Å². The van der Waals surface area contributed by atoms with Gasteiger partial charge in [-0.3, -0.25) is 0 Å². The molecule has 0 N–H and O–H groups in total. The molecule has 0 radical (unpaired) electrons. The molecule has 5 heteroatoms. The van der Waals surface area contributed by atoms with Gasteiger partial charge in [0, 0.05) is 5.56 Å². The van der Waals surface area contributed by atoms with E-state index in [1.807, 2.05) is 0 Å². The molecule has 0 heterocycles. The lowest BCUT2D eigenvalue weighted by atomic mass is 10.2. The average Bonchev–Trinajstić information content (AvgIpc) is 2.40. The van der Waals surface area contributed by atoms with Crippen LogP contribution in [0.1, 0.15) is 5.56 Å². The van der Waals surface area contributed by atoms with Gasteiger partial charge in [0.05, 0.1) is 0 Å². The topological polar surface area (TPSA) is 9.23 Å². The van der Waals surface area contributed by atoms with Crippen molar-refractivity contribution >= 4 is 11.6 Å². The lowest BCUT2D eigenvalue weighted by Crippen LogP contribution is -2.00. The van der Waals surface area contributed by atoms with Gasteiger partial charge in [-0.05, 0) is 19.1 Å². The second-order valence-electron chi connectivity index (χ2n) is 3.63. The molecule has 0 spiro atoms. The van der Waals surface area contributed by atoms with E-state index >= 15 is 0 Å². The highest BCUT2D eigenvalue weighted by Gasteiger charge is 2.23. The summed E-state index contributed by atoms with van der Waals surface area (Å²) in [4.78, 5) is 0. The van der Waals surface area contributed by atoms with E-state index in [4.69, 9.17) is 16.3 Å². The zero-order valence-electron chi connectivity index (χ0n) is 9.31. The second kappa shape index (κ2) is 4.90. The summed E-state index contributed by atoms with van der Waals surface area (Å²) < 4.78 is 45.6. The van der Waals surface area contributed by atoms with Gasteiger partial charge in [-0.1, -0.05) is 29.8 Å². The molecule has 0 amide bonds. The highest BCUT2D eigenvalue weighted by molar-refractivity contribution is 6.32. The minimum absolute atomic E-state index is 0.237. The van der Waals surface area contributed by atoms with Crippen LogP contribution in [0.3, 0.4) is 0 Å². The molecule has 0 aliphatic heterocycles. The molecule has 2 rings (SSSR count). The summed E-state index contributed by atoms with van der Waals surface area (Å²) in [5, 5.41) is -0.574. The van der Waals surface area contributed by atoms with Gasteiger partial charge < -0.3 is 4.74 Å². The first-order chi connectivity index (χ1) is 8.52. The maximum absolute atomic E-state index is 13.6. The minimum atomic E-state index is -1.30. The number of hydrogen-bond donors (Lipinski definition) is 0. The molecule has 94 valence electrons. The third kappa shape index (κ3) is 2.16. The Hall–Kier alpha value is -1.68. The molecule has 0 atom stereocenters. The minimum Gasteiger partial charge on any atom is -0.452 e. The summed E-state index contributed by atoms with van der Waals surface area (Å²) in [7, 11) is 0. The van der Waals surface area contributed by atoms with Crippen molar-refractivity contribution in [2.75, 3.05) is 0 Å². The van der Waals surface area contributed by atoms with Crippen molar-refractivity contribution in [1.29, 1.82) is 0 Å². The van der Waals surface area contributed by atoms with Crippen molar-refractivity contribution in [3.8, 4) is 11.5 Å². The summed E-state index contributed by atoms with van der Waals surface area (Å²) in [5.74, 6) is -4.04. The van der Waals surface area contributed by atoms with Crippen LogP contribution in [0, 0.1) is 24.4 Å². The van der Waals surface area contributed by atoms with Gasteiger partial charge in [-0.15, -0.1) is 0 Å². The maximum atomic E-state index is 13.6. The quantitative estimate of drug-likeness (QED) is 0.710. The van der Waals surface area contributed by atoms with E-state index in [0.29, 0.717) is 0 Å². The standard InChI is InChI=1S/C13H8ClF3O/c1-7-10(15)9(14)13(12(17)11(7)16)18-8-5-3-2-4-6-8/h2-6H,1H3. The molecule has 0 saturated carbocycles. The Bertz CT molecular complexity index is 556. The summed E-state index contributed by atoms with van der Waals surface area (Å²) >= 11 is 5.62. The summed E-state index contributed by atoms with van der Waals surface area (Å²) in [6.07, 6.45) is 0. The normalized spacial score (nSPS) is 10.5. The van der Waals surface area contributed by atoms with E-state index in [1.165, 1.54) is 12.1 Å². The molecule has 0 fully saturated rings. The molecular weight excluding hydrogens is 265 g/mol. The van der Waals surface area contributed by atoms with Crippen molar-refractivity contribution in [3.63, 3.8) is 0 Å². The zero-order valence-corrected chi connectivity index (χ0v) is 10.1. The maximum Gasteiger partial charge on any atom is 0.203 e. The zero-order chi connectivity index (χ0) is 13.3. The summed E-state index contributed by atoms with van der Waals surface area (Å²) in [6, 6.07) is 8.04. The second-order valence-corrected chi connectivity index (χ2v) is 4.00. The number of halogens is 4. The molecular formula is C13H8ClF3O. The van der Waals surface area contributed by atoms with Crippen LogP contribution in [0.15, 0.2) is 30.3 Å². The van der Waals surface area contributed by atoms with Gasteiger partial charge in [0.15, 0.2) is 17.4 Å². The van der Waals surface area contributed by atoms with Crippen molar-refractivity contribution in [3.05, 3.63) is 58.4 Å². The van der Waals surface area contributed by atoms with Crippen LogP contribution in [-0.4, -0.2) is 0 Å². The first-order valence-corrected chi connectivity index (χ1v) is 5.45. The van der Waals surface area contributed by atoms with Gasteiger partial charge in [0.2, 0.25) is 5.82 Å². The SMILES string of the molecule is Cc1c(F)c(F)c(Oc2ccccc2)c(Cl)c1F. The fourth-order valence-corrected chi connectivity index (χ4v) is 1.68. The van der Waals surface area contributed by atoms with Crippen LogP contribution in [0.25, 0.3) is 0 Å². The molecule has 0 bridgehead atoms. The lowest BCUT2D eigenvalue weighted by Gasteiger charge is -2.11. The van der Waals surface area contributed by atoms with E-state index in [2.05, 4.69) is 0 Å². The average molecular weight is 273 g/mol. The predicted molar refractivity (Wildman–Crippen MR) is 62.6 cm³/mol. The fraction of sp³-hybridized carbons (Fsp3) is 0.0769. The largest absolute Gasteiger partial charge is 0.452 e. The molecule has 0 saturated heterocycles. The lowest BCUT2D eigenvalue weighted by molar-refractivity contribution is 0.405. The number of benzene rings is 2. The van der Waals surface area contributed by atoms with Crippen LogP contribution in [0.2, 0.25) is 5.02 Å². The molecule has 0 aliphatic rings. The molecule has 2 aromatic rings. The third-order valence-corrected chi connectivity index (χ3v) is 2.74. The summed E-state index contributed by atoms with van der Waals surface area (Å²) in [6.45, 7) is 1.10. The van der Waals surface area contributed by atoms with Crippen LogP contribution in [-0.2, 0) is 0 Å². The molecule has 0 unspecified atom stereocenters. The Morgan fingerprint density at radius 1 is 0.944 bits per heavy atom. The van der Waals surface area contributed by atoms with E-state index in [9.17, 15) is 13.2 Å². The monoisotopic (exact) mass is 272 g/mol. The number of hydrogen-bond acceptors (Lipinski definition) is 1. The van der Waals surface area contributed by atoms with Crippen molar-refractivity contribution in [1.82, 2.24) is 0 Å². The summed E-state index contributed by atoms with van der Waals surface area (Å²) in [5.41, 5.74) is -0.474. The molecule has 1 nitrogen and oxygen atoms in total. The third-order valence-electron chi connectivity index (χ3n) is 2.41. The van der Waals surface area contributed by atoms with Gasteiger partial charge in [0.1, 0.15) is 10.8 Å². The van der Waals surface area contributed by atoms with Gasteiger partial charge >= 0.3 is 0 Å². The van der Waals surface area contributed by atoms with E-state index in [1.54, 1.807) is 18.2 Å². The Balaban J connectivity index is 2.52. The van der Waals surface area contributed by atoms with Crippen LogP contribution < -0.4 is 4.74 Å². The number of ether oxygens (including phenoxy) is 1. The Morgan fingerprint density at radius 3 is 2.17 bits per heavy atom. The van der Waals surface area contributed by atoms with Crippen molar-refractivity contribution < 1.29 is 17.9 Å². The van der Waals surface area contributed by atoms with E-state index in [-0.39, 0.29) is 5.75 Å². The number of rotatable bonds is 2. The van der Waals surface area contributed by atoms with Gasteiger partial charge in [-0.25, -0.2) is 8.78 Å². The van der Waals surface area contributed by atoms with E-state index < -0.39 is 33.8 Å². The first-order valence-electron chi connectivity index (χ1n) is 5.07. The smallest absolute Gasteiger partial charge is 0.203 e. The molecule has 0 aromatic heterocycles. The van der Waals surface area contributed by atoms with Crippen molar-refractivity contribution in [2.45, 2.75) is 6.92 Å². The first kappa shape index (κ1) is 12.8. The van der Waals surface area contributed by atoms with Gasteiger partial charge in [0.25, 0.3) is 0 Å². The predicted octanol–water partition coefficient (Wildman–Crippen LogP) is 4.86. The molecule has 18 heavy (non-hydrogen) atoms. The molecule has 2 aromatic carbocycles. The van der Waals surface area contributed by atoms with E-state index in [0.717, 1.165) is 6.92 Å². The Kier molecular flexibility index (Phi) is 3.48. The number of para-hydroxylation sites is 1. The van der Waals surface area contributed by atoms with Crippen LogP contribution in [0.5, 0.6) is 11.5 Å². The highest BCUT2D eigenvalue weighted by atomic mass is 35.5. The van der Waals surface area contributed by atoms with Gasteiger partial charge in [-0.2, -0.15) is 4.39 Å². The van der Waals surface area contributed by atoms with Crippen LogP contribution >= 0.6 is 11.6 Å².